The number of nitrogens with zero attached hydrogens (tertiary/aromatic N) is 3. The van der Waals surface area contributed by atoms with Crippen LogP contribution >= 0.6 is 11.6 Å². The Hall–Kier alpha value is -3.03. The van der Waals surface area contributed by atoms with E-state index in [9.17, 15) is 18.7 Å². The number of rotatable bonds is 8. The van der Waals surface area contributed by atoms with E-state index in [0.717, 1.165) is 6.42 Å². The summed E-state index contributed by atoms with van der Waals surface area (Å²) in [6, 6.07) is 4.42. The van der Waals surface area contributed by atoms with Gasteiger partial charge in [0.05, 0.1) is 40.0 Å². The lowest BCUT2D eigenvalue weighted by atomic mass is 10.0. The molecule has 2 unspecified atom stereocenters. The predicted octanol–water partition coefficient (Wildman–Crippen LogP) is 4.91. The van der Waals surface area contributed by atoms with Gasteiger partial charge in [-0.15, -0.1) is 0 Å². The average Bonchev–Trinajstić information content (AvgIpc) is 3.23. The monoisotopic (exact) mass is 508 g/mol. The topological polar surface area (TPSA) is 123 Å². The van der Waals surface area contributed by atoms with Crippen LogP contribution in [0.25, 0.3) is 0 Å². The molecule has 3 rings (SSSR count). The second-order valence-corrected chi connectivity index (χ2v) is 8.84. The number of halogens is 3. The van der Waals surface area contributed by atoms with Crippen LogP contribution in [0.1, 0.15) is 62.9 Å². The Labute approximate surface area is 209 Å². The Bertz CT molecular complexity index is 1060. The third-order valence-corrected chi connectivity index (χ3v) is 5.63. The summed E-state index contributed by atoms with van der Waals surface area (Å²) >= 11 is 6.15. The van der Waals surface area contributed by atoms with E-state index < -0.39 is 36.4 Å². The molecule has 1 aliphatic rings. The molecule has 0 saturated heterocycles. The van der Waals surface area contributed by atoms with Gasteiger partial charge in [0.15, 0.2) is 0 Å². The molecule has 0 spiro atoms. The van der Waals surface area contributed by atoms with Crippen LogP contribution in [0.2, 0.25) is 5.02 Å². The van der Waals surface area contributed by atoms with Gasteiger partial charge in [-0.1, -0.05) is 25.4 Å². The van der Waals surface area contributed by atoms with E-state index in [1.54, 1.807) is 0 Å². The maximum Gasteiger partial charge on any atom is 0.255 e. The first-order chi connectivity index (χ1) is 16.6. The van der Waals surface area contributed by atoms with Crippen molar-refractivity contribution >= 4 is 34.8 Å². The summed E-state index contributed by atoms with van der Waals surface area (Å²) < 4.78 is 28.3. The number of aromatic nitrogens is 2. The van der Waals surface area contributed by atoms with Gasteiger partial charge in [0.1, 0.15) is 30.0 Å². The van der Waals surface area contributed by atoms with Gasteiger partial charge < -0.3 is 21.1 Å². The quantitative estimate of drug-likeness (QED) is 0.399. The molecule has 0 aliphatic heterocycles. The van der Waals surface area contributed by atoms with Crippen molar-refractivity contribution in [2.45, 2.75) is 70.9 Å². The fraction of sp³-hybridized carbons (Fsp3) is 0.500. The number of nitriles is 1. The minimum Gasteiger partial charge on any atom is -0.387 e. The van der Waals surface area contributed by atoms with Gasteiger partial charge in [-0.2, -0.15) is 5.26 Å². The average molecular weight is 509 g/mol. The highest BCUT2D eigenvalue weighted by atomic mass is 35.5. The van der Waals surface area contributed by atoms with Crippen LogP contribution in [0.15, 0.2) is 24.5 Å². The lowest BCUT2D eigenvalue weighted by Gasteiger charge is -2.23. The predicted molar refractivity (Wildman–Crippen MR) is 133 cm³/mol. The zero-order valence-electron chi connectivity index (χ0n) is 20.2. The van der Waals surface area contributed by atoms with Crippen molar-refractivity contribution in [3.8, 4) is 6.07 Å². The molecule has 1 amide bonds. The van der Waals surface area contributed by atoms with Gasteiger partial charge in [-0.3, -0.25) is 4.79 Å². The lowest BCUT2D eigenvalue weighted by Crippen LogP contribution is -2.42. The van der Waals surface area contributed by atoms with E-state index in [1.165, 1.54) is 38.4 Å². The summed E-state index contributed by atoms with van der Waals surface area (Å²) in [7, 11) is 0. The van der Waals surface area contributed by atoms with Crippen LogP contribution in [-0.4, -0.2) is 51.5 Å². The van der Waals surface area contributed by atoms with Crippen molar-refractivity contribution in [2.75, 3.05) is 17.2 Å². The second kappa shape index (κ2) is 12.6. The Morgan fingerprint density at radius 1 is 1.31 bits per heavy atom. The maximum atomic E-state index is 14.2. The van der Waals surface area contributed by atoms with E-state index in [1.807, 2.05) is 19.9 Å². The molecule has 0 bridgehead atoms. The zero-order chi connectivity index (χ0) is 26.2. The standard InChI is InChI=1S/C22H25ClF2N6O2.C2H6/c1-22(2,33)18(25)11-29-21(32)13-10-27-19(7-17(13)30-16-5-3-4-15(16)24)31-20-14(23)6-12(8-26)9-28-20;1-2/h6-7,9-10,15-16,18,33H,3-5,11H2,1-2H3,(H,29,32)(H2,27,28,30,31);1-2H3/t15?,16?,18-;/m1./s1. The number of carbonyl (C=O) groups is 1. The van der Waals surface area contributed by atoms with Gasteiger partial charge in [-0.05, 0) is 39.2 Å². The molecule has 8 nitrogen and oxygen atoms in total. The summed E-state index contributed by atoms with van der Waals surface area (Å²) in [4.78, 5) is 21.0. The number of amides is 1. The molecule has 2 aromatic rings. The summed E-state index contributed by atoms with van der Waals surface area (Å²) in [5, 5.41) is 27.3. The zero-order valence-corrected chi connectivity index (χ0v) is 21.0. The summed E-state index contributed by atoms with van der Waals surface area (Å²) in [5.41, 5.74) is -0.913. The van der Waals surface area contributed by atoms with Crippen molar-refractivity contribution in [3.05, 3.63) is 40.7 Å². The minimum atomic E-state index is -1.68. The van der Waals surface area contributed by atoms with Crippen molar-refractivity contribution in [1.82, 2.24) is 15.3 Å². The molecule has 11 heteroatoms. The van der Waals surface area contributed by atoms with E-state index >= 15 is 0 Å². The largest absolute Gasteiger partial charge is 0.387 e. The molecular weight excluding hydrogens is 478 g/mol. The Kier molecular flexibility index (Phi) is 10.2. The van der Waals surface area contributed by atoms with E-state index in [2.05, 4.69) is 25.9 Å². The number of hydrogen-bond donors (Lipinski definition) is 4. The highest BCUT2D eigenvalue weighted by molar-refractivity contribution is 6.33. The molecular formula is C24H31ClF2N6O2. The van der Waals surface area contributed by atoms with Crippen molar-refractivity contribution < 1.29 is 18.7 Å². The third-order valence-electron chi connectivity index (χ3n) is 5.35. The summed E-state index contributed by atoms with van der Waals surface area (Å²) in [5.74, 6) is -0.0891. The van der Waals surface area contributed by atoms with E-state index in [4.69, 9.17) is 16.9 Å². The number of hydrogen-bond acceptors (Lipinski definition) is 7. The number of aliphatic hydroxyl groups is 1. The highest BCUT2D eigenvalue weighted by Crippen LogP contribution is 2.30. The van der Waals surface area contributed by atoms with Gasteiger partial charge >= 0.3 is 0 Å². The molecule has 2 aromatic heterocycles. The van der Waals surface area contributed by atoms with E-state index in [-0.39, 0.29) is 22.2 Å². The van der Waals surface area contributed by atoms with Crippen LogP contribution in [-0.2, 0) is 0 Å². The van der Waals surface area contributed by atoms with Gasteiger partial charge in [0.2, 0.25) is 0 Å². The molecule has 0 radical (unpaired) electrons. The fourth-order valence-corrected chi connectivity index (χ4v) is 3.55. The first-order valence-corrected chi connectivity index (χ1v) is 11.8. The fourth-order valence-electron chi connectivity index (χ4n) is 3.34. The number of anilines is 3. The minimum absolute atomic E-state index is 0.0986. The number of carbonyl (C=O) groups excluding carboxylic acids is 1. The molecule has 0 aromatic carbocycles. The second-order valence-electron chi connectivity index (χ2n) is 8.44. The highest BCUT2D eigenvalue weighted by Gasteiger charge is 2.29. The molecule has 35 heavy (non-hydrogen) atoms. The van der Waals surface area contributed by atoms with Crippen molar-refractivity contribution in [1.29, 1.82) is 5.26 Å². The third kappa shape index (κ3) is 7.73. The smallest absolute Gasteiger partial charge is 0.255 e. The van der Waals surface area contributed by atoms with Crippen LogP contribution < -0.4 is 16.0 Å². The molecule has 190 valence electrons. The van der Waals surface area contributed by atoms with Crippen LogP contribution in [0.3, 0.4) is 0 Å². The normalized spacial score (nSPS) is 18.0. The van der Waals surface area contributed by atoms with Crippen LogP contribution in [0.5, 0.6) is 0 Å². The van der Waals surface area contributed by atoms with Crippen LogP contribution in [0, 0.1) is 11.3 Å². The SMILES string of the molecule is CC.CC(C)(O)[C@H](F)CNC(=O)c1cnc(Nc2ncc(C#N)cc2Cl)cc1NC1CCCC1F. The molecule has 1 saturated carbocycles. The molecule has 1 fully saturated rings. The first kappa shape index (κ1) is 28.2. The lowest BCUT2D eigenvalue weighted by molar-refractivity contribution is -0.00177. The van der Waals surface area contributed by atoms with Gasteiger partial charge in [0.25, 0.3) is 5.91 Å². The van der Waals surface area contributed by atoms with Gasteiger partial charge in [0, 0.05) is 18.5 Å². The maximum absolute atomic E-state index is 14.2. The van der Waals surface area contributed by atoms with Crippen molar-refractivity contribution in [3.63, 3.8) is 0 Å². The number of alkyl halides is 2. The molecule has 3 atom stereocenters. The van der Waals surface area contributed by atoms with Gasteiger partial charge in [-0.25, -0.2) is 18.7 Å². The molecule has 1 aliphatic carbocycles. The van der Waals surface area contributed by atoms with Crippen molar-refractivity contribution in [2.24, 2.45) is 0 Å². The summed E-state index contributed by atoms with van der Waals surface area (Å²) in [6.07, 6.45) is 1.62. The number of pyridine rings is 2. The molecule has 2 heterocycles. The Morgan fingerprint density at radius 3 is 2.60 bits per heavy atom. The van der Waals surface area contributed by atoms with Crippen LogP contribution in [0.4, 0.5) is 26.1 Å². The first-order valence-electron chi connectivity index (χ1n) is 11.5. The summed E-state index contributed by atoms with van der Waals surface area (Å²) in [6.45, 7) is 6.22. The number of nitrogens with one attached hydrogen (secondary N) is 3. The van der Waals surface area contributed by atoms with E-state index in [0.29, 0.717) is 24.1 Å². The molecule has 4 N–H and O–H groups in total. The Balaban J connectivity index is 0.00000210. The Morgan fingerprint density at radius 2 is 2.03 bits per heavy atom.